The molecule has 0 spiro atoms. The molecule has 0 saturated heterocycles. The number of hydrogen-bond acceptors (Lipinski definition) is 3. The number of rotatable bonds is 7. The van der Waals surface area contributed by atoms with Crippen LogP contribution in [0.4, 0.5) is 13.2 Å². The second-order valence-corrected chi connectivity index (χ2v) is 7.07. The number of para-hydroxylation sites is 1. The highest BCUT2D eigenvalue weighted by molar-refractivity contribution is 5.95. The van der Waals surface area contributed by atoms with Gasteiger partial charge in [-0.25, -0.2) is 0 Å². The second-order valence-electron chi connectivity index (χ2n) is 7.07. The Kier molecular flexibility index (Phi) is 5.77. The molecule has 3 aromatic carbocycles. The molecule has 8 heteroatoms. The number of benzene rings is 3. The maximum absolute atomic E-state index is 12.7. The topological polar surface area (TPSA) is 71.5 Å². The van der Waals surface area contributed by atoms with Crippen LogP contribution in [0.2, 0.25) is 0 Å². The Morgan fingerprint density at radius 2 is 1.69 bits per heavy atom. The van der Waals surface area contributed by atoms with E-state index in [0.29, 0.717) is 40.1 Å². The van der Waals surface area contributed by atoms with Crippen molar-refractivity contribution in [3.8, 4) is 22.8 Å². The van der Waals surface area contributed by atoms with Gasteiger partial charge < -0.3 is 19.6 Å². The van der Waals surface area contributed by atoms with E-state index in [1.807, 2.05) is 30.3 Å². The fourth-order valence-electron chi connectivity index (χ4n) is 3.52. The van der Waals surface area contributed by atoms with E-state index in [0.717, 1.165) is 5.56 Å². The van der Waals surface area contributed by atoms with Crippen LogP contribution < -0.4 is 9.47 Å². The number of ether oxygens (including phenoxy) is 2. The maximum Gasteiger partial charge on any atom is 0.573 e. The number of fused-ring (bicyclic) bond motifs is 1. The average Bonchev–Trinajstić information content (AvgIpc) is 3.09. The van der Waals surface area contributed by atoms with Gasteiger partial charge in [-0.3, -0.25) is 4.79 Å². The summed E-state index contributed by atoms with van der Waals surface area (Å²) < 4.78 is 48.0. The number of halogens is 3. The predicted octanol–water partition coefficient (Wildman–Crippen LogP) is 5.94. The zero-order valence-electron chi connectivity index (χ0n) is 16.6. The molecule has 0 bridgehead atoms. The van der Waals surface area contributed by atoms with E-state index >= 15 is 0 Å². The number of carboxylic acids is 1. The van der Waals surface area contributed by atoms with E-state index in [4.69, 9.17) is 4.74 Å². The Hall–Kier alpha value is -3.94. The number of aromatic nitrogens is 1. The normalized spacial score (nSPS) is 11.5. The number of alkyl halides is 3. The minimum Gasteiger partial charge on any atom is -0.488 e. The quantitative estimate of drug-likeness (QED) is 0.372. The number of aliphatic carboxylic acids is 1. The van der Waals surface area contributed by atoms with E-state index in [9.17, 15) is 23.1 Å². The second kappa shape index (κ2) is 8.66. The first-order valence-electron chi connectivity index (χ1n) is 9.68. The average molecular weight is 441 g/mol. The van der Waals surface area contributed by atoms with Gasteiger partial charge in [-0.1, -0.05) is 42.5 Å². The van der Waals surface area contributed by atoms with Crippen LogP contribution in [0.5, 0.6) is 11.5 Å². The zero-order chi connectivity index (χ0) is 22.7. The van der Waals surface area contributed by atoms with Crippen LogP contribution in [0.25, 0.3) is 22.2 Å². The van der Waals surface area contributed by atoms with Crippen LogP contribution in [0.1, 0.15) is 11.1 Å². The number of carbonyl (C=O) groups is 1. The number of hydrogen-bond donors (Lipinski definition) is 2. The Morgan fingerprint density at radius 1 is 0.969 bits per heavy atom. The van der Waals surface area contributed by atoms with Gasteiger partial charge in [0.25, 0.3) is 0 Å². The molecule has 5 nitrogen and oxygen atoms in total. The molecular weight excluding hydrogens is 423 g/mol. The maximum atomic E-state index is 12.7. The van der Waals surface area contributed by atoms with Gasteiger partial charge in [0.15, 0.2) is 0 Å². The van der Waals surface area contributed by atoms with Crippen molar-refractivity contribution in [2.45, 2.75) is 19.4 Å². The third-order valence-corrected chi connectivity index (χ3v) is 4.83. The van der Waals surface area contributed by atoms with Crippen LogP contribution in [0.15, 0.2) is 72.8 Å². The zero-order valence-corrected chi connectivity index (χ0v) is 16.6. The number of carboxylic acid groups (broad SMARTS) is 1. The summed E-state index contributed by atoms with van der Waals surface area (Å²) in [5.41, 5.74) is 2.86. The van der Waals surface area contributed by atoms with Crippen molar-refractivity contribution in [1.82, 2.24) is 4.98 Å². The molecule has 0 aliphatic rings. The first-order chi connectivity index (χ1) is 15.3. The van der Waals surface area contributed by atoms with Gasteiger partial charge >= 0.3 is 12.3 Å². The molecule has 0 saturated carbocycles. The van der Waals surface area contributed by atoms with Crippen LogP contribution >= 0.6 is 0 Å². The molecule has 0 fully saturated rings. The van der Waals surface area contributed by atoms with Gasteiger partial charge in [0.1, 0.15) is 18.1 Å². The summed E-state index contributed by atoms with van der Waals surface area (Å²) in [5, 5.41) is 9.77. The van der Waals surface area contributed by atoms with Gasteiger partial charge in [0.05, 0.1) is 12.1 Å². The molecule has 0 atom stereocenters. The van der Waals surface area contributed by atoms with Gasteiger partial charge in [-0.2, -0.15) is 0 Å². The van der Waals surface area contributed by atoms with Crippen molar-refractivity contribution in [1.29, 1.82) is 0 Å². The van der Waals surface area contributed by atoms with Gasteiger partial charge in [0.2, 0.25) is 0 Å². The summed E-state index contributed by atoms with van der Waals surface area (Å²) in [4.78, 5) is 14.7. The monoisotopic (exact) mass is 441 g/mol. The van der Waals surface area contributed by atoms with E-state index in [2.05, 4.69) is 9.72 Å². The van der Waals surface area contributed by atoms with Crippen LogP contribution in [0.3, 0.4) is 0 Å². The predicted molar refractivity (Wildman–Crippen MR) is 113 cm³/mol. The van der Waals surface area contributed by atoms with Gasteiger partial charge in [-0.05, 0) is 41.5 Å². The van der Waals surface area contributed by atoms with E-state index in [-0.39, 0.29) is 0 Å². The first-order valence-corrected chi connectivity index (χ1v) is 9.68. The minimum atomic E-state index is -4.85. The molecule has 0 amide bonds. The van der Waals surface area contributed by atoms with E-state index in [1.165, 1.54) is 18.2 Å². The Morgan fingerprint density at radius 3 is 2.41 bits per heavy atom. The third-order valence-electron chi connectivity index (χ3n) is 4.83. The van der Waals surface area contributed by atoms with Gasteiger partial charge in [0, 0.05) is 16.5 Å². The summed E-state index contributed by atoms with van der Waals surface area (Å²) >= 11 is 0. The van der Waals surface area contributed by atoms with Crippen molar-refractivity contribution >= 4 is 16.9 Å². The molecule has 0 aliphatic carbocycles. The van der Waals surface area contributed by atoms with E-state index < -0.39 is 24.5 Å². The SMILES string of the molecule is O=C(O)Cc1c(-c2ccccc2OCc2ccccc2)[nH]c2ccc(OC(F)(F)F)cc12. The first kappa shape index (κ1) is 21.3. The van der Waals surface area contributed by atoms with Crippen LogP contribution in [-0.2, 0) is 17.8 Å². The summed E-state index contributed by atoms with van der Waals surface area (Å²) in [6, 6.07) is 20.4. The minimum absolute atomic E-state index is 0.302. The molecule has 164 valence electrons. The lowest BCUT2D eigenvalue weighted by Crippen LogP contribution is -2.17. The van der Waals surface area contributed by atoms with Gasteiger partial charge in [-0.15, -0.1) is 13.2 Å². The molecule has 0 unspecified atom stereocenters. The summed E-state index contributed by atoms with van der Waals surface area (Å²) in [6.07, 6.45) is -5.24. The summed E-state index contributed by atoms with van der Waals surface area (Å²) in [6.45, 7) is 0.302. The largest absolute Gasteiger partial charge is 0.573 e. The highest BCUT2D eigenvalue weighted by Gasteiger charge is 2.31. The highest BCUT2D eigenvalue weighted by Crippen LogP contribution is 2.38. The molecular formula is C24H18F3NO4. The molecule has 4 rings (SSSR count). The lowest BCUT2D eigenvalue weighted by atomic mass is 10.0. The fraction of sp³-hybridized carbons (Fsp3) is 0.125. The van der Waals surface area contributed by atoms with Crippen molar-refractivity contribution in [2.75, 3.05) is 0 Å². The fourth-order valence-corrected chi connectivity index (χ4v) is 3.52. The van der Waals surface area contributed by atoms with Crippen LogP contribution in [-0.4, -0.2) is 22.4 Å². The molecule has 1 aromatic heterocycles. The molecule has 2 N–H and O–H groups in total. The molecule has 4 aromatic rings. The molecule has 0 radical (unpaired) electrons. The van der Waals surface area contributed by atoms with Crippen molar-refractivity contribution < 1.29 is 32.5 Å². The Labute approximate surface area is 181 Å². The number of aromatic amines is 1. The van der Waals surface area contributed by atoms with Crippen LogP contribution in [0, 0.1) is 0 Å². The lowest BCUT2D eigenvalue weighted by Gasteiger charge is -2.12. The summed E-state index contributed by atoms with van der Waals surface area (Å²) in [7, 11) is 0. The van der Waals surface area contributed by atoms with E-state index in [1.54, 1.807) is 24.3 Å². The number of H-pyrrole nitrogens is 1. The smallest absolute Gasteiger partial charge is 0.488 e. The lowest BCUT2D eigenvalue weighted by molar-refractivity contribution is -0.274. The standard InChI is InChI=1S/C24H18F3NO4/c25-24(26,27)32-16-10-11-20-18(12-16)19(13-22(29)30)23(28-20)17-8-4-5-9-21(17)31-14-15-6-2-1-3-7-15/h1-12,28H,13-14H2,(H,29,30). The highest BCUT2D eigenvalue weighted by atomic mass is 19.4. The van der Waals surface area contributed by atoms with Crippen molar-refractivity contribution in [3.63, 3.8) is 0 Å². The number of nitrogens with one attached hydrogen (secondary N) is 1. The Bertz CT molecular complexity index is 1250. The van der Waals surface area contributed by atoms with Crippen molar-refractivity contribution in [3.05, 3.63) is 83.9 Å². The molecule has 32 heavy (non-hydrogen) atoms. The molecule has 1 heterocycles. The summed E-state index contributed by atoms with van der Waals surface area (Å²) in [5.74, 6) is -1.02. The third kappa shape index (κ3) is 4.85. The molecule has 0 aliphatic heterocycles. The van der Waals surface area contributed by atoms with Crippen molar-refractivity contribution in [2.24, 2.45) is 0 Å². The Balaban J connectivity index is 1.77.